The Morgan fingerprint density at radius 3 is 2.39 bits per heavy atom. The van der Waals surface area contributed by atoms with E-state index < -0.39 is 0 Å². The van der Waals surface area contributed by atoms with Gasteiger partial charge in [-0.05, 0) is 48.1 Å². The van der Waals surface area contributed by atoms with Gasteiger partial charge in [0.15, 0.2) is 0 Å². The molecule has 0 radical (unpaired) electrons. The summed E-state index contributed by atoms with van der Waals surface area (Å²) in [7, 11) is 0. The average Bonchev–Trinajstić information content (AvgIpc) is 2.34. The van der Waals surface area contributed by atoms with Crippen LogP contribution < -0.4 is 16.2 Å². The van der Waals surface area contributed by atoms with Gasteiger partial charge in [0.1, 0.15) is 5.75 Å². The van der Waals surface area contributed by atoms with Gasteiger partial charge in [0.25, 0.3) is 0 Å². The molecule has 0 amide bonds. The first-order chi connectivity index (χ1) is 8.51. The van der Waals surface area contributed by atoms with Crippen LogP contribution in [0.15, 0.2) is 12.1 Å². The van der Waals surface area contributed by atoms with Gasteiger partial charge in [-0.1, -0.05) is 20.8 Å². The van der Waals surface area contributed by atoms with Crippen LogP contribution in [0.1, 0.15) is 55.8 Å². The van der Waals surface area contributed by atoms with Gasteiger partial charge in [0.2, 0.25) is 0 Å². The van der Waals surface area contributed by atoms with Gasteiger partial charge in [0, 0.05) is 12.6 Å². The number of ether oxygens (including phenoxy) is 1. The van der Waals surface area contributed by atoms with E-state index in [1.807, 2.05) is 0 Å². The van der Waals surface area contributed by atoms with Crippen molar-refractivity contribution in [3.63, 3.8) is 0 Å². The SMILES string of the molecule is CCCOc1cc(C)c(C(N)CN)cc1C(C)C. The molecule has 1 rings (SSSR count). The molecule has 0 aliphatic rings. The Kier molecular flexibility index (Phi) is 5.63. The van der Waals surface area contributed by atoms with E-state index in [2.05, 4.69) is 39.8 Å². The van der Waals surface area contributed by atoms with Crippen LogP contribution in [0.25, 0.3) is 0 Å². The van der Waals surface area contributed by atoms with Gasteiger partial charge in [-0.3, -0.25) is 0 Å². The number of aryl methyl sites for hydroxylation is 1. The monoisotopic (exact) mass is 250 g/mol. The molecule has 1 unspecified atom stereocenters. The van der Waals surface area contributed by atoms with Crippen molar-refractivity contribution in [3.8, 4) is 5.75 Å². The highest BCUT2D eigenvalue weighted by atomic mass is 16.5. The van der Waals surface area contributed by atoms with Gasteiger partial charge in [0.05, 0.1) is 6.61 Å². The van der Waals surface area contributed by atoms with Crippen LogP contribution in [0.3, 0.4) is 0 Å². The second-order valence-corrected chi connectivity index (χ2v) is 5.09. The molecule has 0 aromatic heterocycles. The highest BCUT2D eigenvalue weighted by molar-refractivity contribution is 5.45. The van der Waals surface area contributed by atoms with Crippen LogP contribution in [0.4, 0.5) is 0 Å². The van der Waals surface area contributed by atoms with Crippen LogP contribution in [0, 0.1) is 6.92 Å². The minimum Gasteiger partial charge on any atom is -0.493 e. The molecule has 1 atom stereocenters. The van der Waals surface area contributed by atoms with Gasteiger partial charge < -0.3 is 16.2 Å². The second kappa shape index (κ2) is 6.76. The zero-order chi connectivity index (χ0) is 13.7. The topological polar surface area (TPSA) is 61.3 Å². The lowest BCUT2D eigenvalue weighted by Gasteiger charge is -2.20. The molecule has 0 saturated heterocycles. The van der Waals surface area contributed by atoms with E-state index in [4.69, 9.17) is 16.2 Å². The summed E-state index contributed by atoms with van der Waals surface area (Å²) in [4.78, 5) is 0. The Morgan fingerprint density at radius 1 is 1.22 bits per heavy atom. The molecule has 3 heteroatoms. The highest BCUT2D eigenvalue weighted by Crippen LogP contribution is 2.31. The zero-order valence-corrected chi connectivity index (χ0v) is 12.0. The average molecular weight is 250 g/mol. The summed E-state index contributed by atoms with van der Waals surface area (Å²) in [6.45, 7) is 9.73. The summed E-state index contributed by atoms with van der Waals surface area (Å²) in [5, 5.41) is 0. The molecule has 0 fully saturated rings. The van der Waals surface area contributed by atoms with E-state index in [0.717, 1.165) is 29.9 Å². The fourth-order valence-electron chi connectivity index (χ4n) is 2.03. The number of hydrogen-bond donors (Lipinski definition) is 2. The maximum absolute atomic E-state index is 6.05. The first kappa shape index (κ1) is 15.0. The highest BCUT2D eigenvalue weighted by Gasteiger charge is 2.14. The van der Waals surface area contributed by atoms with E-state index in [-0.39, 0.29) is 6.04 Å². The Hall–Kier alpha value is -1.06. The third kappa shape index (κ3) is 3.47. The molecule has 0 bridgehead atoms. The van der Waals surface area contributed by atoms with Crippen LogP contribution in [0.2, 0.25) is 0 Å². The van der Waals surface area contributed by atoms with E-state index in [9.17, 15) is 0 Å². The van der Waals surface area contributed by atoms with Gasteiger partial charge >= 0.3 is 0 Å². The minimum absolute atomic E-state index is 0.0947. The summed E-state index contributed by atoms with van der Waals surface area (Å²) in [5.41, 5.74) is 15.2. The number of benzene rings is 1. The van der Waals surface area contributed by atoms with Crippen LogP contribution in [0.5, 0.6) is 5.75 Å². The van der Waals surface area contributed by atoms with Crippen molar-refractivity contribution in [2.75, 3.05) is 13.2 Å². The van der Waals surface area contributed by atoms with Crippen molar-refractivity contribution in [1.29, 1.82) is 0 Å². The van der Waals surface area contributed by atoms with Crippen LogP contribution in [-0.4, -0.2) is 13.2 Å². The van der Waals surface area contributed by atoms with E-state index >= 15 is 0 Å². The van der Waals surface area contributed by atoms with E-state index in [1.165, 1.54) is 5.56 Å². The van der Waals surface area contributed by atoms with Crippen molar-refractivity contribution in [2.45, 2.75) is 46.1 Å². The van der Waals surface area contributed by atoms with E-state index in [1.54, 1.807) is 0 Å². The van der Waals surface area contributed by atoms with E-state index in [0.29, 0.717) is 12.5 Å². The first-order valence-corrected chi connectivity index (χ1v) is 6.74. The molecule has 18 heavy (non-hydrogen) atoms. The number of rotatable bonds is 6. The molecule has 0 saturated carbocycles. The molecule has 1 aromatic carbocycles. The molecular formula is C15H26N2O. The van der Waals surface area contributed by atoms with Gasteiger partial charge in [-0.2, -0.15) is 0 Å². The smallest absolute Gasteiger partial charge is 0.123 e. The molecule has 4 N–H and O–H groups in total. The Balaban J connectivity index is 3.16. The Morgan fingerprint density at radius 2 is 1.89 bits per heavy atom. The Bertz CT molecular complexity index is 388. The van der Waals surface area contributed by atoms with Crippen molar-refractivity contribution >= 4 is 0 Å². The molecule has 0 aliphatic heterocycles. The molecule has 0 heterocycles. The lowest BCUT2D eigenvalue weighted by atomic mass is 9.93. The summed E-state index contributed by atoms with van der Waals surface area (Å²) < 4.78 is 5.82. The van der Waals surface area contributed by atoms with Crippen molar-refractivity contribution in [1.82, 2.24) is 0 Å². The summed E-state index contributed by atoms with van der Waals surface area (Å²) in [5.74, 6) is 1.40. The molecule has 102 valence electrons. The summed E-state index contributed by atoms with van der Waals surface area (Å²) in [6, 6.07) is 4.15. The largest absolute Gasteiger partial charge is 0.493 e. The number of nitrogens with two attached hydrogens (primary N) is 2. The standard InChI is InChI=1S/C15H26N2O/c1-5-6-18-15-7-11(4)13(14(17)9-16)8-12(15)10(2)3/h7-8,10,14H,5-6,9,16-17H2,1-4H3. The summed E-state index contributed by atoms with van der Waals surface area (Å²) >= 11 is 0. The molecular weight excluding hydrogens is 224 g/mol. The van der Waals surface area contributed by atoms with Gasteiger partial charge in [-0.15, -0.1) is 0 Å². The predicted octanol–water partition coefficient (Wildman–Crippen LogP) is 2.87. The van der Waals surface area contributed by atoms with Crippen molar-refractivity contribution < 1.29 is 4.74 Å². The van der Waals surface area contributed by atoms with Gasteiger partial charge in [-0.25, -0.2) is 0 Å². The maximum Gasteiger partial charge on any atom is 0.123 e. The fourth-order valence-corrected chi connectivity index (χ4v) is 2.03. The molecule has 3 nitrogen and oxygen atoms in total. The predicted molar refractivity (Wildman–Crippen MR) is 77.0 cm³/mol. The fraction of sp³-hybridized carbons (Fsp3) is 0.600. The molecule has 1 aromatic rings. The van der Waals surface area contributed by atoms with Crippen molar-refractivity contribution in [3.05, 3.63) is 28.8 Å². The molecule has 0 spiro atoms. The van der Waals surface area contributed by atoms with Crippen LogP contribution >= 0.6 is 0 Å². The summed E-state index contributed by atoms with van der Waals surface area (Å²) in [6.07, 6.45) is 1.01. The zero-order valence-electron chi connectivity index (χ0n) is 12.0. The second-order valence-electron chi connectivity index (χ2n) is 5.09. The maximum atomic E-state index is 6.05. The third-order valence-corrected chi connectivity index (χ3v) is 3.14. The van der Waals surface area contributed by atoms with Crippen LogP contribution in [-0.2, 0) is 0 Å². The van der Waals surface area contributed by atoms with Crippen molar-refractivity contribution in [2.24, 2.45) is 11.5 Å². The lowest BCUT2D eigenvalue weighted by Crippen LogP contribution is -2.22. The normalized spacial score (nSPS) is 12.8. The first-order valence-electron chi connectivity index (χ1n) is 6.74. The lowest BCUT2D eigenvalue weighted by molar-refractivity contribution is 0.312. The number of hydrogen-bond acceptors (Lipinski definition) is 3. The third-order valence-electron chi connectivity index (χ3n) is 3.14. The molecule has 0 aliphatic carbocycles. The minimum atomic E-state index is -0.0947. The quantitative estimate of drug-likeness (QED) is 0.816. The Labute approximate surface area is 111 Å².